The molecule has 1 aliphatic rings. The maximum absolute atomic E-state index is 12.1. The van der Waals surface area contributed by atoms with E-state index in [1.807, 2.05) is 51.1 Å². The zero-order chi connectivity index (χ0) is 19.4. The molecule has 0 atom stereocenters. The molecule has 0 saturated carbocycles. The molecule has 1 aromatic heterocycles. The Morgan fingerprint density at radius 2 is 1.85 bits per heavy atom. The number of nitrogens with zero attached hydrogens (tertiary/aromatic N) is 4. The summed E-state index contributed by atoms with van der Waals surface area (Å²) in [5.41, 5.74) is 6.08. The fourth-order valence-corrected chi connectivity index (χ4v) is 2.27. The van der Waals surface area contributed by atoms with E-state index in [1.54, 1.807) is 0 Å². The average molecular weight is 368 g/mol. The Morgan fingerprint density at radius 3 is 2.48 bits per heavy atom. The number of aromatic nitrogens is 2. The summed E-state index contributed by atoms with van der Waals surface area (Å²) in [6, 6.07) is 8.89. The first-order chi connectivity index (χ1) is 12.8. The van der Waals surface area contributed by atoms with Crippen LogP contribution >= 0.6 is 0 Å². The summed E-state index contributed by atoms with van der Waals surface area (Å²) in [7, 11) is 0. The topological polar surface area (TPSA) is 109 Å². The number of carbonyl (C=O) groups excluding carboxylic acids is 2. The zero-order valence-electron chi connectivity index (χ0n) is 15.3. The number of hydrogen-bond donors (Lipinski definition) is 2. The van der Waals surface area contributed by atoms with Gasteiger partial charge in [0.05, 0.1) is 24.7 Å². The fraction of sp³-hybridized carbons (Fsp3) is 0.278. The second-order valence-corrected chi connectivity index (χ2v) is 6.92. The van der Waals surface area contributed by atoms with Crippen LogP contribution < -0.4 is 15.6 Å². The highest BCUT2D eigenvalue weighted by Crippen LogP contribution is 2.18. The third-order valence-electron chi connectivity index (χ3n) is 3.80. The number of nitrogens with one attached hydrogen (secondary N) is 2. The van der Waals surface area contributed by atoms with Crippen LogP contribution in [0.15, 0.2) is 47.8 Å². The molecule has 0 fully saturated rings. The molecular formula is C18H20N6O3. The number of amides is 3. The van der Waals surface area contributed by atoms with E-state index in [4.69, 9.17) is 4.74 Å². The maximum atomic E-state index is 12.1. The number of urea groups is 1. The van der Waals surface area contributed by atoms with Crippen molar-refractivity contribution in [2.45, 2.75) is 20.8 Å². The van der Waals surface area contributed by atoms with E-state index in [0.29, 0.717) is 5.82 Å². The van der Waals surface area contributed by atoms with Gasteiger partial charge in [0.1, 0.15) is 0 Å². The number of rotatable bonds is 3. The van der Waals surface area contributed by atoms with Crippen LogP contribution in [-0.4, -0.2) is 39.4 Å². The molecule has 0 bridgehead atoms. The third-order valence-corrected chi connectivity index (χ3v) is 3.80. The highest BCUT2D eigenvalue weighted by Gasteiger charge is 2.29. The normalized spacial score (nSPS) is 14.3. The van der Waals surface area contributed by atoms with Crippen molar-refractivity contribution in [1.29, 1.82) is 0 Å². The van der Waals surface area contributed by atoms with Crippen molar-refractivity contribution in [2.75, 3.05) is 6.54 Å². The summed E-state index contributed by atoms with van der Waals surface area (Å²) < 4.78 is 5.14. The van der Waals surface area contributed by atoms with Gasteiger partial charge in [0.25, 0.3) is 0 Å². The lowest BCUT2D eigenvalue weighted by molar-refractivity contribution is 0.150. The van der Waals surface area contributed by atoms with Crippen LogP contribution in [0.25, 0.3) is 11.4 Å². The van der Waals surface area contributed by atoms with E-state index in [0.717, 1.165) is 16.3 Å². The van der Waals surface area contributed by atoms with E-state index in [1.165, 1.54) is 12.4 Å². The second-order valence-electron chi connectivity index (χ2n) is 6.92. The first-order valence-corrected chi connectivity index (χ1v) is 8.33. The molecule has 2 aromatic rings. The monoisotopic (exact) mass is 368 g/mol. The number of ether oxygens (including phenoxy) is 1. The van der Waals surface area contributed by atoms with Crippen LogP contribution in [0.1, 0.15) is 20.8 Å². The van der Waals surface area contributed by atoms with E-state index in [2.05, 4.69) is 25.9 Å². The molecule has 3 rings (SSSR count). The molecule has 0 radical (unpaired) electrons. The van der Waals surface area contributed by atoms with Gasteiger partial charge < -0.3 is 4.74 Å². The van der Waals surface area contributed by atoms with Gasteiger partial charge in [-0.1, -0.05) is 51.1 Å². The summed E-state index contributed by atoms with van der Waals surface area (Å²) >= 11 is 0. The van der Waals surface area contributed by atoms with Gasteiger partial charge in [-0.05, 0) is 0 Å². The van der Waals surface area contributed by atoms with Gasteiger partial charge in [-0.25, -0.2) is 35.4 Å². The van der Waals surface area contributed by atoms with Crippen molar-refractivity contribution < 1.29 is 14.3 Å². The van der Waals surface area contributed by atoms with E-state index in [9.17, 15) is 9.59 Å². The second kappa shape index (κ2) is 7.40. The van der Waals surface area contributed by atoms with E-state index in [-0.39, 0.29) is 17.7 Å². The predicted octanol–water partition coefficient (Wildman–Crippen LogP) is 2.57. The van der Waals surface area contributed by atoms with E-state index < -0.39 is 12.1 Å². The van der Waals surface area contributed by atoms with Gasteiger partial charge in [0.2, 0.25) is 0 Å². The standard InChI is InChI=1S/C18H20N6O3/c1-18(2,3)14-11-24(16(25)22-21-14)23-17(26)27-13-9-19-15(20-10-13)12-7-5-4-6-8-12/h4-10H,11H2,1-3H3,(H,22,25)(H,23,26). The number of carbonyl (C=O) groups is 2. The Bertz CT molecular complexity index is 859. The molecule has 1 aliphatic heterocycles. The first-order valence-electron chi connectivity index (χ1n) is 8.33. The number of hydrogen-bond acceptors (Lipinski definition) is 6. The lowest BCUT2D eigenvalue weighted by atomic mass is 9.89. The van der Waals surface area contributed by atoms with Gasteiger partial charge in [-0.15, -0.1) is 0 Å². The highest BCUT2D eigenvalue weighted by molar-refractivity contribution is 5.96. The molecule has 0 saturated heterocycles. The van der Waals surface area contributed by atoms with Gasteiger partial charge >= 0.3 is 12.1 Å². The Hall–Kier alpha value is -3.49. The molecule has 0 unspecified atom stereocenters. The molecule has 140 valence electrons. The summed E-state index contributed by atoms with van der Waals surface area (Å²) in [6.45, 7) is 6.05. The minimum atomic E-state index is -0.823. The van der Waals surface area contributed by atoms with Crippen molar-refractivity contribution in [3.8, 4) is 17.1 Å². The smallest absolute Gasteiger partial charge is 0.406 e. The Kier molecular flexibility index (Phi) is 5.02. The molecule has 1 aromatic carbocycles. The van der Waals surface area contributed by atoms with Gasteiger partial charge in [0, 0.05) is 11.0 Å². The van der Waals surface area contributed by atoms with Crippen molar-refractivity contribution in [2.24, 2.45) is 10.5 Å². The minimum absolute atomic E-state index is 0.161. The number of hydrazine groups is 1. The summed E-state index contributed by atoms with van der Waals surface area (Å²) in [5.74, 6) is 0.680. The van der Waals surface area contributed by atoms with Gasteiger partial charge in [0.15, 0.2) is 11.6 Å². The third kappa shape index (κ3) is 4.57. The highest BCUT2D eigenvalue weighted by atomic mass is 16.6. The van der Waals surface area contributed by atoms with Crippen molar-refractivity contribution in [3.05, 3.63) is 42.7 Å². The Morgan fingerprint density at radius 1 is 1.19 bits per heavy atom. The Labute approximate surface area is 156 Å². The summed E-state index contributed by atoms with van der Waals surface area (Å²) in [4.78, 5) is 32.3. The van der Waals surface area contributed by atoms with Gasteiger partial charge in [-0.3, -0.25) is 0 Å². The Balaban J connectivity index is 1.61. The fourth-order valence-electron chi connectivity index (χ4n) is 2.27. The van der Waals surface area contributed by atoms with Crippen LogP contribution in [0.4, 0.5) is 9.59 Å². The summed E-state index contributed by atoms with van der Waals surface area (Å²) in [5, 5.41) is 5.13. The van der Waals surface area contributed by atoms with Crippen LogP contribution in [0, 0.1) is 5.41 Å². The SMILES string of the molecule is CC(C)(C)C1=NNC(=O)N(NC(=O)Oc2cnc(-c3ccccc3)nc2)C1. The minimum Gasteiger partial charge on any atom is -0.406 e. The quantitative estimate of drug-likeness (QED) is 0.865. The average Bonchev–Trinajstić information content (AvgIpc) is 2.64. The van der Waals surface area contributed by atoms with Crippen LogP contribution in [-0.2, 0) is 0 Å². The molecule has 0 spiro atoms. The maximum Gasteiger partial charge on any atom is 0.431 e. The van der Waals surface area contributed by atoms with Crippen LogP contribution in [0.5, 0.6) is 5.75 Å². The summed E-state index contributed by atoms with van der Waals surface area (Å²) in [6.07, 6.45) is 1.97. The number of benzene rings is 1. The molecule has 9 heteroatoms. The molecule has 9 nitrogen and oxygen atoms in total. The van der Waals surface area contributed by atoms with Crippen molar-refractivity contribution in [1.82, 2.24) is 25.8 Å². The number of hydrazone groups is 1. The molecule has 27 heavy (non-hydrogen) atoms. The zero-order valence-corrected chi connectivity index (χ0v) is 15.3. The molecule has 3 amide bonds. The van der Waals surface area contributed by atoms with E-state index >= 15 is 0 Å². The molecular weight excluding hydrogens is 348 g/mol. The lowest BCUT2D eigenvalue weighted by Gasteiger charge is -2.31. The van der Waals surface area contributed by atoms with Gasteiger partial charge in [-0.2, -0.15) is 5.10 Å². The lowest BCUT2D eigenvalue weighted by Crippen LogP contribution is -2.57. The first kappa shape index (κ1) is 18.3. The predicted molar refractivity (Wildman–Crippen MR) is 98.8 cm³/mol. The molecule has 2 heterocycles. The van der Waals surface area contributed by atoms with Crippen molar-refractivity contribution >= 4 is 17.8 Å². The van der Waals surface area contributed by atoms with Crippen LogP contribution in [0.2, 0.25) is 0 Å². The largest absolute Gasteiger partial charge is 0.431 e. The molecule has 0 aliphatic carbocycles. The van der Waals surface area contributed by atoms with Crippen LogP contribution in [0.3, 0.4) is 0 Å². The molecule has 2 N–H and O–H groups in total. The van der Waals surface area contributed by atoms with Crippen molar-refractivity contribution in [3.63, 3.8) is 0 Å².